The Kier molecular flexibility index (Phi) is 4.49. The van der Waals surface area contributed by atoms with Crippen LogP contribution in [0.1, 0.15) is 21.5 Å². The second kappa shape index (κ2) is 6.71. The number of hydrogen-bond acceptors (Lipinski definition) is 5. The third kappa shape index (κ3) is 3.46. The van der Waals surface area contributed by atoms with E-state index in [-0.39, 0.29) is 6.61 Å². The summed E-state index contributed by atoms with van der Waals surface area (Å²) in [5, 5.41) is 8.87. The summed E-state index contributed by atoms with van der Waals surface area (Å²) >= 11 is 3.43. The fraction of sp³-hybridized carbons (Fsp3) is 0.176. The van der Waals surface area contributed by atoms with Gasteiger partial charge in [0.05, 0.1) is 17.2 Å². The molecular formula is C17H12BrNO4. The van der Waals surface area contributed by atoms with Gasteiger partial charge in [0.25, 0.3) is 0 Å². The molecule has 2 aromatic carbocycles. The third-order valence-electron chi connectivity index (χ3n) is 3.30. The number of carbonyl (C=O) groups excluding carboxylic acids is 1. The molecule has 0 N–H and O–H groups in total. The van der Waals surface area contributed by atoms with Crippen LogP contribution in [0.15, 0.2) is 40.9 Å². The first-order valence-corrected chi connectivity index (χ1v) is 7.72. The predicted octanol–water partition coefficient (Wildman–Crippen LogP) is 3.45. The van der Waals surface area contributed by atoms with Gasteiger partial charge in [-0.1, -0.05) is 22.0 Å². The number of nitrogens with zero attached hydrogens (tertiary/aromatic N) is 1. The van der Waals surface area contributed by atoms with E-state index in [0.717, 1.165) is 10.0 Å². The Labute approximate surface area is 141 Å². The molecule has 0 aliphatic carbocycles. The number of benzene rings is 2. The molecule has 0 atom stereocenters. The molecule has 0 fully saturated rings. The molecule has 0 spiro atoms. The topological polar surface area (TPSA) is 68.6 Å². The lowest BCUT2D eigenvalue weighted by atomic mass is 10.1. The molecule has 0 saturated carbocycles. The van der Waals surface area contributed by atoms with Crippen molar-refractivity contribution < 1.29 is 19.0 Å². The van der Waals surface area contributed by atoms with Gasteiger partial charge >= 0.3 is 5.97 Å². The van der Waals surface area contributed by atoms with Crippen molar-refractivity contribution in [3.05, 3.63) is 57.6 Å². The van der Waals surface area contributed by atoms with Crippen molar-refractivity contribution in [3.8, 4) is 17.6 Å². The SMILES string of the molecule is N#Cc1cccc(C(=O)OCc2cc3c(cc2Br)OCCO3)c1. The number of carbonyl (C=O) groups is 1. The Morgan fingerprint density at radius 2 is 1.96 bits per heavy atom. The zero-order chi connectivity index (χ0) is 16.2. The molecule has 5 nitrogen and oxygen atoms in total. The molecule has 23 heavy (non-hydrogen) atoms. The molecule has 2 aromatic rings. The van der Waals surface area contributed by atoms with Crippen molar-refractivity contribution in [1.82, 2.24) is 0 Å². The van der Waals surface area contributed by atoms with E-state index >= 15 is 0 Å². The molecule has 1 aliphatic rings. The van der Waals surface area contributed by atoms with E-state index in [1.807, 2.05) is 6.07 Å². The number of hydrogen-bond donors (Lipinski definition) is 0. The van der Waals surface area contributed by atoms with Crippen LogP contribution in [0.2, 0.25) is 0 Å². The largest absolute Gasteiger partial charge is 0.486 e. The maximum atomic E-state index is 12.1. The van der Waals surface area contributed by atoms with Crippen LogP contribution in [-0.4, -0.2) is 19.2 Å². The normalized spacial score (nSPS) is 12.3. The monoisotopic (exact) mass is 373 g/mol. The minimum Gasteiger partial charge on any atom is -0.486 e. The van der Waals surface area contributed by atoms with Crippen molar-refractivity contribution >= 4 is 21.9 Å². The lowest BCUT2D eigenvalue weighted by Gasteiger charge is -2.19. The number of nitriles is 1. The molecule has 3 rings (SSSR count). The van der Waals surface area contributed by atoms with Gasteiger partial charge in [0, 0.05) is 10.0 Å². The zero-order valence-corrected chi connectivity index (χ0v) is 13.6. The summed E-state index contributed by atoms with van der Waals surface area (Å²) in [5.41, 5.74) is 1.54. The Morgan fingerprint density at radius 3 is 2.70 bits per heavy atom. The lowest BCUT2D eigenvalue weighted by Crippen LogP contribution is -2.15. The van der Waals surface area contributed by atoms with Gasteiger partial charge in [-0.15, -0.1) is 0 Å². The Morgan fingerprint density at radius 1 is 1.22 bits per heavy atom. The highest BCUT2D eigenvalue weighted by Gasteiger charge is 2.16. The third-order valence-corrected chi connectivity index (χ3v) is 4.04. The van der Waals surface area contributed by atoms with Crippen LogP contribution < -0.4 is 9.47 Å². The van der Waals surface area contributed by atoms with Crippen molar-refractivity contribution in [3.63, 3.8) is 0 Å². The van der Waals surface area contributed by atoms with Crippen LogP contribution in [0, 0.1) is 11.3 Å². The quantitative estimate of drug-likeness (QED) is 0.770. The molecular weight excluding hydrogens is 362 g/mol. The summed E-state index contributed by atoms with van der Waals surface area (Å²) in [7, 11) is 0. The highest BCUT2D eigenvalue weighted by atomic mass is 79.9. The van der Waals surface area contributed by atoms with E-state index in [1.165, 1.54) is 6.07 Å². The van der Waals surface area contributed by atoms with E-state index in [1.54, 1.807) is 30.3 Å². The summed E-state index contributed by atoms with van der Waals surface area (Å²) in [6.45, 7) is 1.10. The lowest BCUT2D eigenvalue weighted by molar-refractivity contribution is 0.0471. The van der Waals surface area contributed by atoms with Crippen LogP contribution in [0.4, 0.5) is 0 Å². The van der Waals surface area contributed by atoms with Gasteiger partial charge in [-0.3, -0.25) is 0 Å². The second-order valence-electron chi connectivity index (χ2n) is 4.86. The molecule has 116 valence electrons. The van der Waals surface area contributed by atoms with Gasteiger partial charge in [0.2, 0.25) is 0 Å². The number of rotatable bonds is 3. The number of esters is 1. The van der Waals surface area contributed by atoms with Crippen molar-refractivity contribution in [2.24, 2.45) is 0 Å². The van der Waals surface area contributed by atoms with Crippen molar-refractivity contribution in [2.45, 2.75) is 6.61 Å². The standard InChI is InChI=1S/C17H12BrNO4/c18-14-8-16-15(21-4-5-22-16)7-13(14)10-23-17(20)12-3-1-2-11(6-12)9-19/h1-3,6-8H,4-5,10H2. The maximum absolute atomic E-state index is 12.1. The molecule has 1 heterocycles. The summed E-state index contributed by atoms with van der Waals surface area (Å²) in [4.78, 5) is 12.1. The van der Waals surface area contributed by atoms with Gasteiger partial charge in [-0.25, -0.2) is 4.79 Å². The molecule has 0 radical (unpaired) electrons. The van der Waals surface area contributed by atoms with Gasteiger partial charge in [0.15, 0.2) is 11.5 Å². The zero-order valence-electron chi connectivity index (χ0n) is 12.0. The van der Waals surface area contributed by atoms with Crippen LogP contribution in [0.5, 0.6) is 11.5 Å². The van der Waals surface area contributed by atoms with E-state index in [0.29, 0.717) is 35.8 Å². The molecule has 0 saturated heterocycles. The smallest absolute Gasteiger partial charge is 0.338 e. The van der Waals surface area contributed by atoms with Crippen LogP contribution in [-0.2, 0) is 11.3 Å². The summed E-state index contributed by atoms with van der Waals surface area (Å²) in [5.74, 6) is 0.820. The number of halogens is 1. The summed E-state index contributed by atoms with van der Waals surface area (Å²) in [6, 6.07) is 12.0. The van der Waals surface area contributed by atoms with E-state index in [4.69, 9.17) is 19.5 Å². The predicted molar refractivity (Wildman–Crippen MR) is 85.4 cm³/mol. The van der Waals surface area contributed by atoms with Gasteiger partial charge in [-0.2, -0.15) is 5.26 Å². The summed E-state index contributed by atoms with van der Waals surface area (Å²) < 4.78 is 17.1. The average Bonchev–Trinajstić information content (AvgIpc) is 2.59. The fourth-order valence-electron chi connectivity index (χ4n) is 2.16. The molecule has 0 aromatic heterocycles. The first-order valence-electron chi connectivity index (χ1n) is 6.92. The fourth-order valence-corrected chi connectivity index (χ4v) is 2.60. The minimum atomic E-state index is -0.483. The van der Waals surface area contributed by atoms with Gasteiger partial charge in [0.1, 0.15) is 19.8 Å². The molecule has 0 unspecified atom stereocenters. The minimum absolute atomic E-state index is 0.0901. The Hall–Kier alpha value is -2.52. The molecule has 0 bridgehead atoms. The summed E-state index contributed by atoms with van der Waals surface area (Å²) in [6.07, 6.45) is 0. The first kappa shape index (κ1) is 15.4. The maximum Gasteiger partial charge on any atom is 0.338 e. The van der Waals surface area contributed by atoms with Gasteiger partial charge < -0.3 is 14.2 Å². The van der Waals surface area contributed by atoms with E-state index in [2.05, 4.69) is 15.9 Å². The van der Waals surface area contributed by atoms with Crippen molar-refractivity contribution in [1.29, 1.82) is 5.26 Å². The molecule has 0 amide bonds. The highest BCUT2D eigenvalue weighted by Crippen LogP contribution is 2.35. The van der Waals surface area contributed by atoms with Gasteiger partial charge in [-0.05, 0) is 30.3 Å². The Balaban J connectivity index is 1.73. The van der Waals surface area contributed by atoms with E-state index in [9.17, 15) is 4.79 Å². The Bertz CT molecular complexity index is 798. The van der Waals surface area contributed by atoms with Crippen molar-refractivity contribution in [2.75, 3.05) is 13.2 Å². The van der Waals surface area contributed by atoms with Crippen LogP contribution in [0.25, 0.3) is 0 Å². The van der Waals surface area contributed by atoms with E-state index < -0.39 is 5.97 Å². The number of fused-ring (bicyclic) bond motifs is 1. The first-order chi connectivity index (χ1) is 11.2. The highest BCUT2D eigenvalue weighted by molar-refractivity contribution is 9.10. The van der Waals surface area contributed by atoms with Crippen LogP contribution in [0.3, 0.4) is 0 Å². The van der Waals surface area contributed by atoms with Crippen LogP contribution >= 0.6 is 15.9 Å². The average molecular weight is 374 g/mol. The molecule has 1 aliphatic heterocycles. The second-order valence-corrected chi connectivity index (χ2v) is 5.71. The molecule has 6 heteroatoms. The number of ether oxygens (including phenoxy) is 3.